The molecule has 0 bridgehead atoms. The van der Waals surface area contributed by atoms with E-state index in [4.69, 9.17) is 18.9 Å². The summed E-state index contributed by atoms with van der Waals surface area (Å²) >= 11 is 0. The highest BCUT2D eigenvalue weighted by Crippen LogP contribution is 2.10. The molecule has 0 rings (SSSR count). The van der Waals surface area contributed by atoms with Crippen LogP contribution in [0.5, 0.6) is 0 Å². The summed E-state index contributed by atoms with van der Waals surface area (Å²) < 4.78 is 22.1. The third-order valence-electron chi connectivity index (χ3n) is 3.31. The van der Waals surface area contributed by atoms with Crippen LogP contribution in [0.25, 0.3) is 0 Å². The van der Waals surface area contributed by atoms with Crippen LogP contribution >= 0.6 is 0 Å². The Balaban J connectivity index is 3.44. The van der Waals surface area contributed by atoms with Crippen molar-refractivity contribution in [1.82, 2.24) is 0 Å². The summed E-state index contributed by atoms with van der Waals surface area (Å²) in [6.45, 7) is 9.13. The minimum atomic E-state index is -0.0355. The molecule has 0 aromatic heterocycles. The highest BCUT2D eigenvalue weighted by molar-refractivity contribution is 4.72. The molecule has 0 aliphatic rings. The van der Waals surface area contributed by atoms with Crippen LogP contribution in [0.1, 0.15) is 78.6 Å². The molecular weight excluding hydrogens is 292 g/mol. The average molecular weight is 331 g/mol. The van der Waals surface area contributed by atoms with Crippen LogP contribution in [0.4, 0.5) is 0 Å². The van der Waals surface area contributed by atoms with Crippen molar-refractivity contribution < 1.29 is 18.9 Å². The third-order valence-corrected chi connectivity index (χ3v) is 3.31. The minimum absolute atomic E-state index is 0.0355. The van der Waals surface area contributed by atoms with E-state index in [1.165, 1.54) is 12.8 Å². The van der Waals surface area contributed by atoms with Crippen molar-refractivity contribution >= 4 is 0 Å². The molecule has 23 heavy (non-hydrogen) atoms. The fourth-order valence-corrected chi connectivity index (χ4v) is 2.02. The van der Waals surface area contributed by atoms with Gasteiger partial charge in [-0.3, -0.25) is 0 Å². The van der Waals surface area contributed by atoms with Gasteiger partial charge in [-0.2, -0.15) is 0 Å². The number of ether oxygens (including phenoxy) is 4. The van der Waals surface area contributed by atoms with Crippen molar-refractivity contribution in [2.75, 3.05) is 26.6 Å². The Kier molecular flexibility index (Phi) is 19.0. The Morgan fingerprint density at radius 2 is 1.52 bits per heavy atom. The fraction of sp³-hybridized carbons (Fsp3) is 0.895. The maximum absolute atomic E-state index is 5.71. The maximum Gasteiger partial charge on any atom is 0.188 e. The van der Waals surface area contributed by atoms with Crippen molar-refractivity contribution in [2.24, 2.45) is 0 Å². The molecule has 0 aliphatic heterocycles. The fourth-order valence-electron chi connectivity index (χ4n) is 2.02. The van der Waals surface area contributed by atoms with Crippen molar-refractivity contribution in [1.29, 1.82) is 0 Å². The molecule has 4 heteroatoms. The molecule has 138 valence electrons. The van der Waals surface area contributed by atoms with Gasteiger partial charge in [-0.25, -0.2) is 0 Å². The van der Waals surface area contributed by atoms with Gasteiger partial charge in [0.05, 0.1) is 12.9 Å². The summed E-state index contributed by atoms with van der Waals surface area (Å²) in [5, 5.41) is 0. The molecule has 0 aliphatic carbocycles. The van der Waals surface area contributed by atoms with Crippen LogP contribution in [-0.2, 0) is 18.9 Å². The topological polar surface area (TPSA) is 36.9 Å². The zero-order chi connectivity index (χ0) is 17.0. The summed E-state index contributed by atoms with van der Waals surface area (Å²) in [6, 6.07) is 0. The molecule has 0 heterocycles. The predicted molar refractivity (Wildman–Crippen MR) is 95.3 cm³/mol. The Morgan fingerprint density at radius 1 is 0.783 bits per heavy atom. The van der Waals surface area contributed by atoms with E-state index in [2.05, 4.69) is 26.8 Å². The van der Waals surface area contributed by atoms with E-state index >= 15 is 0 Å². The van der Waals surface area contributed by atoms with Crippen molar-refractivity contribution in [2.45, 2.75) is 84.8 Å². The van der Waals surface area contributed by atoms with Gasteiger partial charge in [-0.15, -0.1) is 0 Å². The molecule has 0 aromatic carbocycles. The van der Waals surface area contributed by atoms with Gasteiger partial charge in [0.2, 0.25) is 0 Å². The molecule has 0 fully saturated rings. The highest BCUT2D eigenvalue weighted by atomic mass is 16.7. The standard InChI is InChI=1S/C19H38O4/c1-4-7-11-16-20-18-21-17-12-9-8-10-13-19(22-14-5-2)23-15-6-3/h12,17,19H,4-11,13-16,18H2,1-3H3. The largest absolute Gasteiger partial charge is 0.475 e. The summed E-state index contributed by atoms with van der Waals surface area (Å²) in [4.78, 5) is 0. The van der Waals surface area contributed by atoms with Gasteiger partial charge in [0, 0.05) is 13.2 Å². The van der Waals surface area contributed by atoms with E-state index in [1.54, 1.807) is 6.26 Å². The minimum Gasteiger partial charge on any atom is -0.475 e. The molecule has 4 nitrogen and oxygen atoms in total. The maximum atomic E-state index is 5.71. The molecule has 0 unspecified atom stereocenters. The number of allylic oxidation sites excluding steroid dienone is 1. The first-order chi connectivity index (χ1) is 11.3. The third kappa shape index (κ3) is 17.6. The molecule has 0 N–H and O–H groups in total. The second-order valence-corrected chi connectivity index (χ2v) is 5.73. The average Bonchev–Trinajstić information content (AvgIpc) is 2.57. The van der Waals surface area contributed by atoms with Crippen molar-refractivity contribution in [3.63, 3.8) is 0 Å². The zero-order valence-corrected chi connectivity index (χ0v) is 15.6. The van der Waals surface area contributed by atoms with Crippen molar-refractivity contribution in [3.8, 4) is 0 Å². The van der Waals surface area contributed by atoms with Gasteiger partial charge in [0.1, 0.15) is 0 Å². The number of hydrogen-bond acceptors (Lipinski definition) is 4. The molecule has 0 amide bonds. The molecule has 0 spiro atoms. The molecular formula is C19H38O4. The van der Waals surface area contributed by atoms with E-state index in [0.29, 0.717) is 6.79 Å². The van der Waals surface area contributed by atoms with Crippen molar-refractivity contribution in [3.05, 3.63) is 12.3 Å². The van der Waals surface area contributed by atoms with E-state index < -0.39 is 0 Å². The molecule has 0 atom stereocenters. The lowest BCUT2D eigenvalue weighted by molar-refractivity contribution is -0.146. The van der Waals surface area contributed by atoms with Crippen LogP contribution in [0.2, 0.25) is 0 Å². The van der Waals surface area contributed by atoms with Crippen LogP contribution in [0.3, 0.4) is 0 Å². The summed E-state index contributed by atoms with van der Waals surface area (Å²) in [6.07, 6.45) is 13.6. The van der Waals surface area contributed by atoms with Gasteiger partial charge in [-0.1, -0.05) is 33.6 Å². The Morgan fingerprint density at radius 3 is 2.17 bits per heavy atom. The summed E-state index contributed by atoms with van der Waals surface area (Å²) in [7, 11) is 0. The van der Waals surface area contributed by atoms with Crippen LogP contribution in [0.15, 0.2) is 12.3 Å². The van der Waals surface area contributed by atoms with E-state index in [9.17, 15) is 0 Å². The lowest BCUT2D eigenvalue weighted by Crippen LogP contribution is -2.18. The highest BCUT2D eigenvalue weighted by Gasteiger charge is 2.07. The lowest BCUT2D eigenvalue weighted by atomic mass is 10.2. The van der Waals surface area contributed by atoms with E-state index in [1.807, 2.05) is 0 Å². The summed E-state index contributed by atoms with van der Waals surface area (Å²) in [5.41, 5.74) is 0. The first-order valence-corrected chi connectivity index (χ1v) is 9.42. The lowest BCUT2D eigenvalue weighted by Gasteiger charge is -2.17. The van der Waals surface area contributed by atoms with Crippen LogP contribution < -0.4 is 0 Å². The molecule has 0 saturated heterocycles. The number of rotatable bonds is 18. The predicted octanol–water partition coefficient (Wildman–Crippen LogP) is 5.42. The quantitative estimate of drug-likeness (QED) is 0.191. The first-order valence-electron chi connectivity index (χ1n) is 9.42. The Bertz CT molecular complexity index is 236. The van der Waals surface area contributed by atoms with E-state index in [0.717, 1.165) is 64.8 Å². The monoisotopic (exact) mass is 330 g/mol. The van der Waals surface area contributed by atoms with Crippen LogP contribution in [0, 0.1) is 0 Å². The SMILES string of the molecule is CCCCCOCOC=CCCCCC(OCCC)OCCC. The first kappa shape index (κ1) is 22.4. The molecule has 0 saturated carbocycles. The van der Waals surface area contributed by atoms with Gasteiger partial charge < -0.3 is 18.9 Å². The normalized spacial score (nSPS) is 11.7. The Hall–Kier alpha value is -0.580. The molecule has 0 radical (unpaired) electrons. The van der Waals surface area contributed by atoms with Gasteiger partial charge >= 0.3 is 0 Å². The second-order valence-electron chi connectivity index (χ2n) is 5.73. The smallest absolute Gasteiger partial charge is 0.188 e. The zero-order valence-electron chi connectivity index (χ0n) is 15.6. The number of hydrogen-bond donors (Lipinski definition) is 0. The van der Waals surface area contributed by atoms with Gasteiger partial charge in [0.15, 0.2) is 13.1 Å². The second kappa shape index (κ2) is 19.5. The van der Waals surface area contributed by atoms with Gasteiger partial charge in [-0.05, 0) is 51.0 Å². The van der Waals surface area contributed by atoms with Crippen LogP contribution in [-0.4, -0.2) is 32.9 Å². The number of unbranched alkanes of at least 4 members (excludes halogenated alkanes) is 4. The summed E-state index contributed by atoms with van der Waals surface area (Å²) in [5.74, 6) is 0. The van der Waals surface area contributed by atoms with Gasteiger partial charge in [0.25, 0.3) is 0 Å². The molecule has 0 aromatic rings. The van der Waals surface area contributed by atoms with E-state index in [-0.39, 0.29) is 6.29 Å². The Labute approximate surface area is 143 Å².